The van der Waals surface area contributed by atoms with Crippen LogP contribution in [0.2, 0.25) is 0 Å². The molecule has 1 aromatic carbocycles. The third-order valence-electron chi connectivity index (χ3n) is 3.33. The summed E-state index contributed by atoms with van der Waals surface area (Å²) in [5.41, 5.74) is 1.76. The number of aryl methyl sites for hydroxylation is 1. The first-order valence-electron chi connectivity index (χ1n) is 7.38. The molecule has 24 heavy (non-hydrogen) atoms. The zero-order valence-corrected chi connectivity index (χ0v) is 15.5. The average Bonchev–Trinajstić information content (AvgIpc) is 2.86. The normalized spacial score (nSPS) is 11.3. The summed E-state index contributed by atoms with van der Waals surface area (Å²) in [6, 6.07) is 7.55. The van der Waals surface area contributed by atoms with E-state index in [0.29, 0.717) is 11.6 Å². The van der Waals surface area contributed by atoms with Crippen molar-refractivity contribution in [3.05, 3.63) is 29.1 Å². The molecule has 2 aromatic rings. The molecule has 6 nitrogen and oxygen atoms in total. The van der Waals surface area contributed by atoms with E-state index < -0.39 is 9.84 Å². The van der Waals surface area contributed by atoms with E-state index >= 15 is 0 Å². The van der Waals surface area contributed by atoms with Crippen molar-refractivity contribution in [1.82, 2.24) is 4.98 Å². The van der Waals surface area contributed by atoms with Crippen LogP contribution in [-0.4, -0.2) is 38.4 Å². The molecule has 0 saturated carbocycles. The summed E-state index contributed by atoms with van der Waals surface area (Å²) in [5.74, 6) is 0.550. The number of hydrogen-bond donors (Lipinski definition) is 1. The number of ether oxygens (including phenoxy) is 1. The standard InChI is InChI=1S/C16H20N2O4S2/c1-11-15(12-6-8-13(22-2)9-7-12)18-16(23-11)17-14(19)5-4-10-24(3,20)21/h6-9H,4-5,10H2,1-3H3,(H,17,18,19). The second-order valence-electron chi connectivity index (χ2n) is 5.43. The maximum Gasteiger partial charge on any atom is 0.226 e. The van der Waals surface area contributed by atoms with Gasteiger partial charge in [-0.25, -0.2) is 13.4 Å². The molecule has 0 unspecified atom stereocenters. The lowest BCUT2D eigenvalue weighted by atomic mass is 10.1. The molecule has 0 atom stereocenters. The molecule has 0 radical (unpaired) electrons. The number of sulfone groups is 1. The fourth-order valence-electron chi connectivity index (χ4n) is 2.14. The first-order chi connectivity index (χ1) is 11.3. The number of thiazole rings is 1. The van der Waals surface area contributed by atoms with Gasteiger partial charge in [0.05, 0.1) is 18.6 Å². The number of carbonyl (C=O) groups excluding carboxylic acids is 1. The van der Waals surface area contributed by atoms with E-state index in [4.69, 9.17) is 4.74 Å². The van der Waals surface area contributed by atoms with Gasteiger partial charge < -0.3 is 10.1 Å². The molecular weight excluding hydrogens is 348 g/mol. The number of hydrogen-bond acceptors (Lipinski definition) is 6. The predicted molar refractivity (Wildman–Crippen MR) is 96.4 cm³/mol. The Kier molecular flexibility index (Phi) is 5.95. The lowest BCUT2D eigenvalue weighted by molar-refractivity contribution is -0.116. The van der Waals surface area contributed by atoms with E-state index in [9.17, 15) is 13.2 Å². The van der Waals surface area contributed by atoms with Gasteiger partial charge in [0.15, 0.2) is 5.13 Å². The highest BCUT2D eigenvalue weighted by molar-refractivity contribution is 7.90. The van der Waals surface area contributed by atoms with Gasteiger partial charge >= 0.3 is 0 Å². The minimum atomic E-state index is -3.04. The number of methoxy groups -OCH3 is 1. The number of nitrogens with one attached hydrogen (secondary N) is 1. The summed E-state index contributed by atoms with van der Waals surface area (Å²) in [5, 5.41) is 3.25. The molecular formula is C16H20N2O4S2. The van der Waals surface area contributed by atoms with E-state index in [1.807, 2.05) is 31.2 Å². The zero-order valence-electron chi connectivity index (χ0n) is 13.8. The van der Waals surface area contributed by atoms with Gasteiger partial charge in [0.25, 0.3) is 0 Å². The van der Waals surface area contributed by atoms with Crippen molar-refractivity contribution in [3.63, 3.8) is 0 Å². The lowest BCUT2D eigenvalue weighted by Gasteiger charge is -2.02. The number of anilines is 1. The van der Waals surface area contributed by atoms with Gasteiger partial charge in [-0.3, -0.25) is 4.79 Å². The largest absolute Gasteiger partial charge is 0.497 e. The number of nitrogens with zero attached hydrogens (tertiary/aromatic N) is 1. The van der Waals surface area contributed by atoms with E-state index in [2.05, 4.69) is 10.3 Å². The summed E-state index contributed by atoms with van der Waals surface area (Å²) < 4.78 is 27.3. The van der Waals surface area contributed by atoms with Crippen LogP contribution in [0.25, 0.3) is 11.3 Å². The number of amides is 1. The third kappa shape index (κ3) is 5.31. The monoisotopic (exact) mass is 368 g/mol. The van der Waals surface area contributed by atoms with Gasteiger partial charge in [-0.1, -0.05) is 0 Å². The highest BCUT2D eigenvalue weighted by Gasteiger charge is 2.13. The molecule has 0 fully saturated rings. The summed E-state index contributed by atoms with van der Waals surface area (Å²) >= 11 is 1.39. The first kappa shape index (κ1) is 18.4. The maximum absolute atomic E-state index is 11.9. The van der Waals surface area contributed by atoms with Crippen LogP contribution in [0.1, 0.15) is 17.7 Å². The minimum absolute atomic E-state index is 0.00835. The molecule has 1 heterocycles. The van der Waals surface area contributed by atoms with Crippen molar-refractivity contribution in [2.45, 2.75) is 19.8 Å². The van der Waals surface area contributed by atoms with E-state index in [1.54, 1.807) is 7.11 Å². The molecule has 0 aliphatic rings. The number of aromatic nitrogens is 1. The summed E-state index contributed by atoms with van der Waals surface area (Å²) in [4.78, 5) is 17.3. The molecule has 0 saturated heterocycles. The quantitative estimate of drug-likeness (QED) is 0.812. The first-order valence-corrected chi connectivity index (χ1v) is 10.3. The second kappa shape index (κ2) is 7.76. The van der Waals surface area contributed by atoms with Crippen LogP contribution in [0.3, 0.4) is 0 Å². The predicted octanol–water partition coefficient (Wildman–Crippen LogP) is 2.89. The van der Waals surface area contributed by atoms with Crippen LogP contribution in [0.5, 0.6) is 5.75 Å². The van der Waals surface area contributed by atoms with Gasteiger partial charge in [-0.05, 0) is 37.6 Å². The fourth-order valence-corrected chi connectivity index (χ4v) is 3.66. The Bertz CT molecular complexity index is 811. The number of carbonyl (C=O) groups is 1. The molecule has 1 amide bonds. The van der Waals surface area contributed by atoms with Crippen LogP contribution < -0.4 is 10.1 Å². The maximum atomic E-state index is 11.9. The molecule has 2 rings (SSSR count). The number of benzene rings is 1. The zero-order chi connectivity index (χ0) is 17.7. The van der Waals surface area contributed by atoms with Crippen molar-refractivity contribution in [3.8, 4) is 17.0 Å². The van der Waals surface area contributed by atoms with E-state index in [1.165, 1.54) is 11.3 Å². The van der Waals surface area contributed by atoms with E-state index in [0.717, 1.165) is 28.1 Å². The van der Waals surface area contributed by atoms with Gasteiger partial charge in [-0.2, -0.15) is 0 Å². The Morgan fingerprint density at radius 1 is 1.29 bits per heavy atom. The van der Waals surface area contributed by atoms with Crippen LogP contribution in [0.15, 0.2) is 24.3 Å². The summed E-state index contributed by atoms with van der Waals surface area (Å²) in [7, 11) is -1.43. The fraction of sp³-hybridized carbons (Fsp3) is 0.375. The lowest BCUT2D eigenvalue weighted by Crippen LogP contribution is -2.13. The SMILES string of the molecule is COc1ccc(-c2nc(NC(=O)CCCS(C)(=O)=O)sc2C)cc1. The summed E-state index contributed by atoms with van der Waals surface area (Å²) in [6.07, 6.45) is 1.63. The Labute approximate surface area is 145 Å². The Balaban J connectivity index is 2.01. The van der Waals surface area contributed by atoms with Crippen LogP contribution in [0, 0.1) is 6.92 Å². The van der Waals surface area contributed by atoms with E-state index in [-0.39, 0.29) is 18.1 Å². The highest BCUT2D eigenvalue weighted by atomic mass is 32.2. The average molecular weight is 368 g/mol. The molecule has 8 heteroatoms. The van der Waals surface area contributed by atoms with Crippen molar-refractivity contribution in [1.29, 1.82) is 0 Å². The Hall–Kier alpha value is -1.93. The van der Waals surface area contributed by atoms with Gasteiger partial charge in [0.1, 0.15) is 15.6 Å². The van der Waals surface area contributed by atoms with Crippen molar-refractivity contribution >= 4 is 32.2 Å². The molecule has 1 N–H and O–H groups in total. The van der Waals surface area contributed by atoms with Gasteiger partial charge in [0.2, 0.25) is 5.91 Å². The number of rotatable bonds is 7. The Morgan fingerprint density at radius 2 is 1.96 bits per heavy atom. The van der Waals surface area contributed by atoms with Crippen LogP contribution in [-0.2, 0) is 14.6 Å². The third-order valence-corrected chi connectivity index (χ3v) is 5.24. The minimum Gasteiger partial charge on any atom is -0.497 e. The molecule has 0 spiro atoms. The van der Waals surface area contributed by atoms with Crippen LogP contribution >= 0.6 is 11.3 Å². The molecule has 1 aromatic heterocycles. The topological polar surface area (TPSA) is 85.4 Å². The smallest absolute Gasteiger partial charge is 0.226 e. The molecule has 0 aliphatic carbocycles. The molecule has 0 aliphatic heterocycles. The van der Waals surface area contributed by atoms with Crippen molar-refractivity contribution in [2.24, 2.45) is 0 Å². The van der Waals surface area contributed by atoms with Gasteiger partial charge in [-0.15, -0.1) is 11.3 Å². The molecule has 130 valence electrons. The Morgan fingerprint density at radius 3 is 2.54 bits per heavy atom. The van der Waals surface area contributed by atoms with Crippen LogP contribution in [0.4, 0.5) is 5.13 Å². The summed E-state index contributed by atoms with van der Waals surface area (Å²) in [6.45, 7) is 1.94. The van der Waals surface area contributed by atoms with Crippen molar-refractivity contribution in [2.75, 3.05) is 24.4 Å². The highest BCUT2D eigenvalue weighted by Crippen LogP contribution is 2.31. The molecule has 0 bridgehead atoms. The van der Waals surface area contributed by atoms with Crippen molar-refractivity contribution < 1.29 is 17.9 Å². The second-order valence-corrected chi connectivity index (χ2v) is 8.90. The van der Waals surface area contributed by atoms with Gasteiger partial charge in [0, 0.05) is 23.1 Å².